The van der Waals surface area contributed by atoms with Crippen LogP contribution in [0.4, 0.5) is 5.69 Å². The molecule has 14 heteroatoms. The Morgan fingerprint density at radius 1 is 0.940 bits per heavy atom. The van der Waals surface area contributed by atoms with Crippen LogP contribution in [0.1, 0.15) is 47.4 Å². The smallest absolute Gasteiger partial charge is 0.270 e. The number of nitrogens with two attached hydrogens (primary N) is 2. The lowest BCUT2D eigenvalue weighted by Crippen LogP contribution is -2.52. The number of carbonyl (C=O) groups is 3. The Morgan fingerprint density at radius 3 is 2.22 bits per heavy atom. The van der Waals surface area contributed by atoms with Crippen LogP contribution in [0.25, 0.3) is 22.5 Å². The molecule has 4 aromatic rings. The summed E-state index contributed by atoms with van der Waals surface area (Å²) in [6.45, 7) is 4.42. The average Bonchev–Trinajstić information content (AvgIpc) is 3.51. The highest BCUT2D eigenvalue weighted by Gasteiger charge is 2.53. The molecule has 2 aromatic carbocycles. The molecule has 2 unspecified atom stereocenters. The molecule has 2 aliphatic carbocycles. The van der Waals surface area contributed by atoms with Crippen LogP contribution in [-0.2, 0) is 16.0 Å². The van der Waals surface area contributed by atoms with Gasteiger partial charge in [0.1, 0.15) is 11.7 Å². The summed E-state index contributed by atoms with van der Waals surface area (Å²) in [5.74, 6) is 0.819. The lowest BCUT2D eigenvalue weighted by Gasteiger charge is -2.35. The maximum atomic E-state index is 14.2. The number of benzene rings is 2. The van der Waals surface area contributed by atoms with E-state index in [1.807, 2.05) is 37.3 Å². The molecule has 2 aromatic heterocycles. The Bertz CT molecular complexity index is 1800. The van der Waals surface area contributed by atoms with Gasteiger partial charge in [-0.1, -0.05) is 30.3 Å². The Kier molecular flexibility index (Phi) is 10.6. The van der Waals surface area contributed by atoms with Crippen molar-refractivity contribution in [3.8, 4) is 22.5 Å². The van der Waals surface area contributed by atoms with Crippen LogP contribution >= 0.6 is 12.4 Å². The number of hydrogen-bond donors (Lipinski definition) is 5. The van der Waals surface area contributed by atoms with E-state index in [4.69, 9.17) is 11.5 Å². The van der Waals surface area contributed by atoms with Gasteiger partial charge in [-0.15, -0.1) is 22.6 Å². The highest BCUT2D eigenvalue weighted by molar-refractivity contribution is 6.02. The number of primary amides is 1. The van der Waals surface area contributed by atoms with Gasteiger partial charge < -0.3 is 22.1 Å². The van der Waals surface area contributed by atoms with E-state index in [2.05, 4.69) is 36.2 Å². The molecule has 1 aliphatic heterocycles. The summed E-state index contributed by atoms with van der Waals surface area (Å²) < 4.78 is 0. The van der Waals surface area contributed by atoms with Crippen LogP contribution in [0, 0.1) is 30.6 Å². The standard InChI is InChI=1S/C36H42N10O3.ClH/c1-20-27(14-15-30(40-20)35(48)41-32-28-18-39-19-29(28)32)23-6-2-21(3-7-23)16-31(33(38)47)46(36(49)25-8-4-22(17-37)5-9-25)26-12-10-24(11-13-26)34-42-44-45-43-34;/h2-3,6-7,10-15,22,25,28-29,31-32,39H,4-5,8-9,16-19,37H2,1H3,(H2,38,47)(H,41,48)(H,42,43,44,45);1H/t22?,25?,28?,29?,31-,32?;/m0./s1. The number of carbonyl (C=O) groups excluding carboxylic acids is 3. The van der Waals surface area contributed by atoms with Crippen LogP contribution in [-0.4, -0.2) is 75.0 Å². The molecule has 3 aliphatic rings. The molecular weight excluding hydrogens is 656 g/mol. The molecule has 2 saturated carbocycles. The van der Waals surface area contributed by atoms with Gasteiger partial charge in [-0.25, -0.2) is 4.98 Å². The first-order valence-electron chi connectivity index (χ1n) is 17.1. The number of anilines is 1. The third kappa shape index (κ3) is 7.25. The second kappa shape index (κ2) is 15.0. The largest absolute Gasteiger partial charge is 0.368 e. The predicted octanol–water partition coefficient (Wildman–Crippen LogP) is 2.80. The number of aromatic amines is 1. The number of H-pyrrole nitrogens is 1. The molecule has 3 heterocycles. The molecule has 0 spiro atoms. The van der Waals surface area contributed by atoms with Crippen molar-refractivity contribution in [2.75, 3.05) is 24.5 Å². The van der Waals surface area contributed by atoms with Crippen LogP contribution in [0.2, 0.25) is 0 Å². The van der Waals surface area contributed by atoms with E-state index in [-0.39, 0.29) is 42.6 Å². The van der Waals surface area contributed by atoms with E-state index in [1.165, 1.54) is 0 Å². The first kappa shape index (κ1) is 35.1. The number of amides is 3. The summed E-state index contributed by atoms with van der Waals surface area (Å²) in [5.41, 5.74) is 17.1. The normalized spacial score (nSPS) is 22.9. The molecule has 1 saturated heterocycles. The molecule has 0 radical (unpaired) electrons. The van der Waals surface area contributed by atoms with E-state index in [0.29, 0.717) is 54.3 Å². The van der Waals surface area contributed by atoms with E-state index in [1.54, 1.807) is 35.2 Å². The number of hydrogen-bond acceptors (Lipinski definition) is 9. The first-order valence-corrected chi connectivity index (χ1v) is 17.1. The fraction of sp³-hybridized carbons (Fsp3) is 0.417. The van der Waals surface area contributed by atoms with Crippen molar-refractivity contribution in [1.82, 2.24) is 36.2 Å². The molecule has 7 rings (SSSR count). The zero-order chi connectivity index (χ0) is 34.1. The van der Waals surface area contributed by atoms with E-state index >= 15 is 0 Å². The summed E-state index contributed by atoms with van der Waals surface area (Å²) in [4.78, 5) is 46.4. The number of aromatic nitrogens is 5. The number of fused-ring (bicyclic) bond motifs is 1. The minimum absolute atomic E-state index is 0. The molecule has 262 valence electrons. The number of halogens is 1. The summed E-state index contributed by atoms with van der Waals surface area (Å²) in [6.07, 6.45) is 3.41. The third-order valence-electron chi connectivity index (χ3n) is 10.6. The molecule has 13 nitrogen and oxygen atoms in total. The Morgan fingerprint density at radius 2 is 1.62 bits per heavy atom. The van der Waals surface area contributed by atoms with Gasteiger partial charge in [-0.2, -0.15) is 5.21 Å². The molecule has 7 N–H and O–H groups in total. The van der Waals surface area contributed by atoms with Crippen molar-refractivity contribution >= 4 is 35.8 Å². The second-order valence-corrected chi connectivity index (χ2v) is 13.6. The molecule has 3 atom stereocenters. The maximum absolute atomic E-state index is 14.2. The second-order valence-electron chi connectivity index (χ2n) is 13.6. The number of nitrogens with one attached hydrogen (secondary N) is 3. The van der Waals surface area contributed by atoms with Crippen molar-refractivity contribution in [3.05, 3.63) is 77.6 Å². The average molecular weight is 699 g/mol. The first-order chi connectivity index (χ1) is 23.8. The van der Waals surface area contributed by atoms with E-state index in [0.717, 1.165) is 53.9 Å². The van der Waals surface area contributed by atoms with Gasteiger partial charge in [-0.05, 0) is 104 Å². The molecule has 3 amide bonds. The highest BCUT2D eigenvalue weighted by Crippen LogP contribution is 2.41. The van der Waals surface area contributed by atoms with Crippen molar-refractivity contribution in [3.63, 3.8) is 0 Å². The van der Waals surface area contributed by atoms with Crippen LogP contribution < -0.4 is 27.0 Å². The predicted molar refractivity (Wildman–Crippen MR) is 191 cm³/mol. The summed E-state index contributed by atoms with van der Waals surface area (Å²) in [5, 5.41) is 20.6. The molecule has 0 bridgehead atoms. The molecular formula is C36H43ClN10O3. The van der Waals surface area contributed by atoms with Gasteiger partial charge in [0.05, 0.1) is 0 Å². The number of piperidine rings is 1. The lowest BCUT2D eigenvalue weighted by atomic mass is 9.81. The minimum Gasteiger partial charge on any atom is -0.368 e. The van der Waals surface area contributed by atoms with Crippen LogP contribution in [0.15, 0.2) is 60.7 Å². The minimum atomic E-state index is -0.912. The maximum Gasteiger partial charge on any atom is 0.270 e. The van der Waals surface area contributed by atoms with Crippen molar-refractivity contribution < 1.29 is 14.4 Å². The number of pyridine rings is 1. The van der Waals surface area contributed by atoms with E-state index in [9.17, 15) is 14.4 Å². The van der Waals surface area contributed by atoms with Crippen molar-refractivity contribution in [1.29, 1.82) is 0 Å². The van der Waals surface area contributed by atoms with Gasteiger partial charge in [0.25, 0.3) is 5.91 Å². The number of tetrazole rings is 1. The zero-order valence-corrected chi connectivity index (χ0v) is 28.7. The zero-order valence-electron chi connectivity index (χ0n) is 27.9. The lowest BCUT2D eigenvalue weighted by molar-refractivity contribution is -0.127. The monoisotopic (exact) mass is 698 g/mol. The molecule has 50 heavy (non-hydrogen) atoms. The summed E-state index contributed by atoms with van der Waals surface area (Å²) in [6, 6.07) is 18.0. The van der Waals surface area contributed by atoms with Gasteiger partial charge in [0.2, 0.25) is 17.6 Å². The SMILES string of the molecule is Cc1nc(C(=O)NC2C3CNCC32)ccc1-c1ccc(C[C@@H](C(N)=O)N(C(=O)C2CCC(CN)CC2)c2ccc(-c3nn[nH]n3)cc2)cc1.Cl. The molecule has 3 fully saturated rings. The topological polar surface area (TPSA) is 198 Å². The van der Waals surface area contributed by atoms with E-state index < -0.39 is 11.9 Å². The Hall–Kier alpha value is -4.72. The highest BCUT2D eigenvalue weighted by atomic mass is 35.5. The summed E-state index contributed by atoms with van der Waals surface area (Å²) >= 11 is 0. The fourth-order valence-corrected chi connectivity index (χ4v) is 7.57. The number of aryl methyl sites for hydroxylation is 1. The van der Waals surface area contributed by atoms with Gasteiger partial charge in [-0.3, -0.25) is 19.3 Å². The Labute approximate surface area is 296 Å². The van der Waals surface area contributed by atoms with Crippen LogP contribution in [0.5, 0.6) is 0 Å². The van der Waals surface area contributed by atoms with Crippen LogP contribution in [0.3, 0.4) is 0 Å². The van der Waals surface area contributed by atoms with Crippen molar-refractivity contribution in [2.24, 2.45) is 35.1 Å². The van der Waals surface area contributed by atoms with Gasteiger partial charge in [0, 0.05) is 54.0 Å². The Balaban J connectivity index is 0.00000432. The fourth-order valence-electron chi connectivity index (χ4n) is 7.57. The number of rotatable bonds is 11. The van der Waals surface area contributed by atoms with Crippen molar-refractivity contribution in [2.45, 2.75) is 51.1 Å². The number of nitrogens with zero attached hydrogens (tertiary/aromatic N) is 5. The van der Waals surface area contributed by atoms with Gasteiger partial charge in [0.15, 0.2) is 0 Å². The quantitative estimate of drug-likeness (QED) is 0.156. The third-order valence-corrected chi connectivity index (χ3v) is 10.6. The van der Waals surface area contributed by atoms with Gasteiger partial charge >= 0.3 is 0 Å². The summed E-state index contributed by atoms with van der Waals surface area (Å²) in [7, 11) is 0.